The van der Waals surface area contributed by atoms with Gasteiger partial charge in [0.15, 0.2) is 0 Å². The Bertz CT molecular complexity index is 886. The van der Waals surface area contributed by atoms with Gasteiger partial charge in [-0.25, -0.2) is 4.79 Å². The zero-order valence-corrected chi connectivity index (χ0v) is 16.8. The quantitative estimate of drug-likeness (QED) is 0.376. The smallest absolute Gasteiger partial charge is 0.339 e. The van der Waals surface area contributed by atoms with Crippen LogP contribution in [0.5, 0.6) is 5.75 Å². The van der Waals surface area contributed by atoms with E-state index in [1.165, 1.54) is 11.8 Å². The number of esters is 1. The summed E-state index contributed by atoms with van der Waals surface area (Å²) in [6.07, 6.45) is 2.12. The van der Waals surface area contributed by atoms with Gasteiger partial charge in [0, 0.05) is 18.0 Å². The minimum atomic E-state index is -0.440. The average molecular weight is 410 g/mol. The number of ether oxygens (including phenoxy) is 2. The summed E-state index contributed by atoms with van der Waals surface area (Å²) in [5.74, 6) is 0.583. The third-order valence-electron chi connectivity index (χ3n) is 4.49. The summed E-state index contributed by atoms with van der Waals surface area (Å²) >= 11 is 1.36. The van der Waals surface area contributed by atoms with Crippen LogP contribution in [0.3, 0.4) is 0 Å². The van der Waals surface area contributed by atoms with E-state index in [2.05, 4.69) is 0 Å². The molecule has 0 unspecified atom stereocenters. The summed E-state index contributed by atoms with van der Waals surface area (Å²) in [6.45, 7) is 1.95. The number of carbonyl (C=O) groups excluding carboxylic acids is 2. The molecule has 1 fully saturated rings. The number of hydrogen-bond acceptors (Lipinski definition) is 6. The third kappa shape index (κ3) is 6.00. The fourth-order valence-electron chi connectivity index (χ4n) is 2.96. The number of nitriles is 1. The molecule has 1 amide bonds. The molecule has 0 aliphatic carbocycles. The molecule has 0 aromatic heterocycles. The summed E-state index contributed by atoms with van der Waals surface area (Å²) in [5.41, 5.74) is 1.01. The summed E-state index contributed by atoms with van der Waals surface area (Å²) < 4.78 is 10.8. The van der Waals surface area contributed by atoms with Crippen molar-refractivity contribution < 1.29 is 19.1 Å². The molecule has 0 bridgehead atoms. The molecule has 0 N–H and O–H groups in total. The minimum Gasteiger partial charge on any atom is -0.490 e. The van der Waals surface area contributed by atoms with Gasteiger partial charge in [-0.05, 0) is 49.2 Å². The Morgan fingerprint density at radius 2 is 1.76 bits per heavy atom. The third-order valence-corrected chi connectivity index (χ3v) is 5.54. The molecule has 0 radical (unpaired) electrons. The lowest BCUT2D eigenvalue weighted by molar-refractivity contribution is -0.127. The van der Waals surface area contributed by atoms with Gasteiger partial charge in [-0.3, -0.25) is 4.79 Å². The molecule has 7 heteroatoms. The molecule has 0 spiro atoms. The number of likely N-dealkylation sites (tertiary alicyclic amines) is 1. The number of carbonyl (C=O) groups is 2. The van der Waals surface area contributed by atoms with Crippen LogP contribution in [0.25, 0.3) is 0 Å². The Morgan fingerprint density at radius 3 is 2.48 bits per heavy atom. The average Bonchev–Trinajstić information content (AvgIpc) is 3.30. The summed E-state index contributed by atoms with van der Waals surface area (Å²) in [7, 11) is 0. The van der Waals surface area contributed by atoms with Crippen molar-refractivity contribution >= 4 is 23.6 Å². The van der Waals surface area contributed by atoms with Crippen molar-refractivity contribution in [2.24, 2.45) is 0 Å². The zero-order chi connectivity index (χ0) is 20.5. The molecule has 6 nitrogen and oxygen atoms in total. The molecule has 1 aliphatic heterocycles. The normalized spacial score (nSPS) is 13.0. The van der Waals surface area contributed by atoms with Crippen LogP contribution in [0.15, 0.2) is 53.4 Å². The van der Waals surface area contributed by atoms with E-state index < -0.39 is 5.97 Å². The Balaban J connectivity index is 1.47. The fourth-order valence-corrected chi connectivity index (χ4v) is 3.90. The maximum Gasteiger partial charge on any atom is 0.339 e. The van der Waals surface area contributed by atoms with Crippen molar-refractivity contribution in [3.05, 3.63) is 59.7 Å². The van der Waals surface area contributed by atoms with Gasteiger partial charge in [-0.15, -0.1) is 11.8 Å². The second kappa shape index (κ2) is 10.5. The first-order valence-electron chi connectivity index (χ1n) is 9.47. The highest BCUT2D eigenvalue weighted by atomic mass is 32.2. The first-order valence-corrected chi connectivity index (χ1v) is 10.5. The lowest BCUT2D eigenvalue weighted by atomic mass is 10.2. The summed E-state index contributed by atoms with van der Waals surface area (Å²) in [5, 5.41) is 8.79. The standard InChI is InChI=1S/C22H22N2O4S/c23-15-17-7-9-18(10-8-17)27-13-14-28-22(26)19-5-1-2-6-20(19)29-16-21(25)24-11-3-4-12-24/h1-2,5-10H,3-4,11-14,16H2. The van der Waals surface area contributed by atoms with E-state index in [0.29, 0.717) is 22.6 Å². The number of rotatable bonds is 8. The van der Waals surface area contributed by atoms with E-state index in [1.807, 2.05) is 23.1 Å². The van der Waals surface area contributed by atoms with E-state index in [0.717, 1.165) is 30.8 Å². The van der Waals surface area contributed by atoms with Gasteiger partial charge in [0.25, 0.3) is 0 Å². The van der Waals surface area contributed by atoms with Crippen molar-refractivity contribution in [2.75, 3.05) is 32.1 Å². The predicted octanol–water partition coefficient (Wildman–Crippen LogP) is 3.51. The van der Waals surface area contributed by atoms with Crippen molar-refractivity contribution in [3.8, 4) is 11.8 Å². The van der Waals surface area contributed by atoms with Crippen LogP contribution in [0.1, 0.15) is 28.8 Å². The zero-order valence-electron chi connectivity index (χ0n) is 16.0. The maximum atomic E-state index is 12.4. The molecular formula is C22H22N2O4S. The first-order chi connectivity index (χ1) is 14.2. The predicted molar refractivity (Wildman–Crippen MR) is 110 cm³/mol. The topological polar surface area (TPSA) is 79.6 Å². The van der Waals surface area contributed by atoms with Crippen LogP contribution in [0.4, 0.5) is 0 Å². The molecule has 29 heavy (non-hydrogen) atoms. The molecule has 1 saturated heterocycles. The van der Waals surface area contributed by atoms with Crippen LogP contribution >= 0.6 is 11.8 Å². The number of amides is 1. The van der Waals surface area contributed by atoms with Gasteiger partial charge in [-0.2, -0.15) is 5.26 Å². The van der Waals surface area contributed by atoms with E-state index in [9.17, 15) is 9.59 Å². The van der Waals surface area contributed by atoms with Crippen molar-refractivity contribution in [1.29, 1.82) is 5.26 Å². The minimum absolute atomic E-state index is 0.102. The van der Waals surface area contributed by atoms with E-state index in [4.69, 9.17) is 14.7 Å². The number of nitrogens with zero attached hydrogens (tertiary/aromatic N) is 2. The van der Waals surface area contributed by atoms with Crippen LogP contribution in [0, 0.1) is 11.3 Å². The van der Waals surface area contributed by atoms with E-state index >= 15 is 0 Å². The van der Waals surface area contributed by atoms with Gasteiger partial charge < -0.3 is 14.4 Å². The molecule has 2 aromatic carbocycles. The second-order valence-electron chi connectivity index (χ2n) is 6.49. The van der Waals surface area contributed by atoms with Crippen LogP contribution in [0.2, 0.25) is 0 Å². The Kier molecular flexibility index (Phi) is 7.54. The van der Waals surface area contributed by atoms with E-state index in [-0.39, 0.29) is 19.1 Å². The van der Waals surface area contributed by atoms with Crippen LogP contribution < -0.4 is 4.74 Å². The largest absolute Gasteiger partial charge is 0.490 e. The summed E-state index contributed by atoms with van der Waals surface area (Å²) in [6, 6.07) is 15.9. The van der Waals surface area contributed by atoms with Crippen molar-refractivity contribution in [1.82, 2.24) is 4.90 Å². The summed E-state index contributed by atoms with van der Waals surface area (Å²) in [4.78, 5) is 27.3. The lowest BCUT2D eigenvalue weighted by Gasteiger charge is -2.15. The Labute approximate surface area is 174 Å². The Morgan fingerprint density at radius 1 is 1.03 bits per heavy atom. The van der Waals surface area contributed by atoms with Crippen molar-refractivity contribution in [3.63, 3.8) is 0 Å². The highest BCUT2D eigenvalue weighted by Crippen LogP contribution is 2.24. The SMILES string of the molecule is N#Cc1ccc(OCCOC(=O)c2ccccc2SCC(=O)N2CCCC2)cc1. The van der Waals surface area contributed by atoms with Gasteiger partial charge in [0.05, 0.1) is 22.9 Å². The van der Waals surface area contributed by atoms with Crippen LogP contribution in [-0.4, -0.2) is 48.8 Å². The highest BCUT2D eigenvalue weighted by molar-refractivity contribution is 8.00. The van der Waals surface area contributed by atoms with Gasteiger partial charge in [0.2, 0.25) is 5.91 Å². The molecule has 2 aromatic rings. The second-order valence-corrected chi connectivity index (χ2v) is 7.51. The number of hydrogen-bond donors (Lipinski definition) is 0. The number of benzene rings is 2. The molecule has 3 rings (SSSR count). The Hall–Kier alpha value is -2.98. The van der Waals surface area contributed by atoms with Gasteiger partial charge in [-0.1, -0.05) is 12.1 Å². The molecule has 1 aliphatic rings. The highest BCUT2D eigenvalue weighted by Gasteiger charge is 2.19. The first kappa shape index (κ1) is 20.7. The monoisotopic (exact) mass is 410 g/mol. The molecule has 150 valence electrons. The molecule has 0 saturated carbocycles. The van der Waals surface area contributed by atoms with E-state index in [1.54, 1.807) is 36.4 Å². The van der Waals surface area contributed by atoms with Crippen LogP contribution in [-0.2, 0) is 9.53 Å². The van der Waals surface area contributed by atoms with Gasteiger partial charge >= 0.3 is 5.97 Å². The fraction of sp³-hybridized carbons (Fsp3) is 0.318. The maximum absolute atomic E-state index is 12.4. The van der Waals surface area contributed by atoms with Gasteiger partial charge in [0.1, 0.15) is 19.0 Å². The molecule has 1 heterocycles. The molecular weight excluding hydrogens is 388 g/mol. The lowest BCUT2D eigenvalue weighted by Crippen LogP contribution is -2.29. The number of thioether (sulfide) groups is 1. The van der Waals surface area contributed by atoms with Crippen molar-refractivity contribution in [2.45, 2.75) is 17.7 Å². The molecule has 0 atom stereocenters.